The molecule has 9 heteroatoms. The molecule has 8 nitrogen and oxygen atoms in total. The summed E-state index contributed by atoms with van der Waals surface area (Å²) in [5.74, 6) is 0.502. The number of nitrogen functional groups attached to an aromatic ring is 1. The second-order valence-corrected chi connectivity index (χ2v) is 5.67. The summed E-state index contributed by atoms with van der Waals surface area (Å²) in [6.07, 6.45) is 2.89. The highest BCUT2D eigenvalue weighted by molar-refractivity contribution is 9.10. The molecular formula is C14H13BrN6O2. The van der Waals surface area contributed by atoms with Crippen molar-refractivity contribution in [1.29, 1.82) is 0 Å². The van der Waals surface area contributed by atoms with Crippen LogP contribution in [0.25, 0.3) is 5.69 Å². The summed E-state index contributed by atoms with van der Waals surface area (Å²) in [5, 5.41) is 12.9. The summed E-state index contributed by atoms with van der Waals surface area (Å²) >= 11 is 3.23. The summed E-state index contributed by atoms with van der Waals surface area (Å²) in [7, 11) is 1.57. The fourth-order valence-corrected chi connectivity index (χ4v) is 2.27. The summed E-state index contributed by atoms with van der Waals surface area (Å²) < 4.78 is 3.10. The number of halogens is 1. The van der Waals surface area contributed by atoms with Crippen LogP contribution in [0.1, 0.15) is 0 Å². The topological polar surface area (TPSA) is 111 Å². The van der Waals surface area contributed by atoms with Crippen LogP contribution in [-0.2, 0) is 7.05 Å². The Morgan fingerprint density at radius 1 is 1.39 bits per heavy atom. The van der Waals surface area contributed by atoms with Gasteiger partial charge in [-0.25, -0.2) is 14.3 Å². The van der Waals surface area contributed by atoms with E-state index < -0.39 is 0 Å². The number of imidazole rings is 1. The lowest BCUT2D eigenvalue weighted by atomic mass is 10.2. The molecule has 3 aromatic rings. The van der Waals surface area contributed by atoms with Crippen molar-refractivity contribution in [2.45, 2.75) is 0 Å². The van der Waals surface area contributed by atoms with Crippen LogP contribution < -0.4 is 16.7 Å². The summed E-state index contributed by atoms with van der Waals surface area (Å²) in [5.41, 5.74) is 6.54. The number of aromatic hydroxyl groups is 1. The van der Waals surface area contributed by atoms with Gasteiger partial charge in [0.2, 0.25) is 11.8 Å². The van der Waals surface area contributed by atoms with Crippen molar-refractivity contribution in [3.8, 4) is 11.6 Å². The molecule has 0 amide bonds. The van der Waals surface area contributed by atoms with Gasteiger partial charge in [0.25, 0.3) is 0 Å². The van der Waals surface area contributed by atoms with Crippen molar-refractivity contribution >= 4 is 33.4 Å². The van der Waals surface area contributed by atoms with Crippen LogP contribution in [0.2, 0.25) is 0 Å². The highest BCUT2D eigenvalue weighted by atomic mass is 79.9. The number of hydrogen-bond donors (Lipinski definition) is 3. The zero-order valence-electron chi connectivity index (χ0n) is 12.1. The first kappa shape index (κ1) is 15.1. The number of aryl methyl sites for hydroxylation is 1. The molecule has 0 radical (unpaired) electrons. The van der Waals surface area contributed by atoms with E-state index in [4.69, 9.17) is 5.73 Å². The Hall–Kier alpha value is -2.81. The van der Waals surface area contributed by atoms with Crippen LogP contribution in [0, 0.1) is 0 Å². The molecule has 0 aliphatic rings. The molecule has 0 spiro atoms. The van der Waals surface area contributed by atoms with Gasteiger partial charge in [-0.05, 0) is 34.1 Å². The number of nitrogens with two attached hydrogens (primary N) is 1. The van der Waals surface area contributed by atoms with Gasteiger partial charge in [-0.2, -0.15) is 4.98 Å². The number of rotatable bonds is 3. The van der Waals surface area contributed by atoms with E-state index >= 15 is 0 Å². The Bertz CT molecular complexity index is 933. The zero-order valence-corrected chi connectivity index (χ0v) is 13.6. The highest BCUT2D eigenvalue weighted by Gasteiger charge is 2.10. The van der Waals surface area contributed by atoms with Gasteiger partial charge in [0, 0.05) is 18.9 Å². The molecule has 4 N–H and O–H groups in total. The Kier molecular flexibility index (Phi) is 3.78. The largest absolute Gasteiger partial charge is 0.493 e. The quantitative estimate of drug-likeness (QED) is 0.642. The van der Waals surface area contributed by atoms with Crippen LogP contribution in [0.15, 0.2) is 45.9 Å². The number of nitrogens with zero attached hydrogens (tertiary/aromatic N) is 4. The summed E-state index contributed by atoms with van der Waals surface area (Å²) in [6, 6.07) is 6.95. The first-order valence-corrected chi connectivity index (χ1v) is 7.38. The molecule has 23 heavy (non-hydrogen) atoms. The minimum atomic E-state index is -0.344. The number of aromatic nitrogens is 4. The lowest BCUT2D eigenvalue weighted by molar-refractivity contribution is 0.441. The van der Waals surface area contributed by atoms with Gasteiger partial charge in [0.05, 0.1) is 16.4 Å². The fraction of sp³-hybridized carbons (Fsp3) is 0.0714. The molecule has 118 valence electrons. The van der Waals surface area contributed by atoms with Crippen LogP contribution in [-0.4, -0.2) is 24.2 Å². The van der Waals surface area contributed by atoms with Gasteiger partial charge in [0.1, 0.15) is 5.82 Å². The van der Waals surface area contributed by atoms with Gasteiger partial charge < -0.3 is 16.2 Å². The monoisotopic (exact) mass is 376 g/mol. The molecule has 0 saturated carbocycles. The Labute approximate surface area is 139 Å². The highest BCUT2D eigenvalue weighted by Crippen LogP contribution is 2.22. The van der Waals surface area contributed by atoms with E-state index in [0.29, 0.717) is 27.6 Å². The first-order valence-electron chi connectivity index (χ1n) is 6.58. The molecule has 0 aliphatic carbocycles. The molecule has 0 bridgehead atoms. The Morgan fingerprint density at radius 3 is 2.83 bits per heavy atom. The smallest absolute Gasteiger partial charge is 0.335 e. The van der Waals surface area contributed by atoms with E-state index in [1.807, 2.05) is 0 Å². The standard InChI is InChI=1S/C14H13BrN6O2/c1-20-7-11(22)21(14(20)23)9-4-2-3-8(5-9)18-13-17-6-10(15)12(16)19-13/h2-7,22H,1H3,(H3,16,17,18,19). The predicted octanol–water partition coefficient (Wildman–Crippen LogP) is 1.76. The van der Waals surface area contributed by atoms with Crippen molar-refractivity contribution in [1.82, 2.24) is 19.1 Å². The van der Waals surface area contributed by atoms with Gasteiger partial charge in [-0.3, -0.25) is 4.57 Å². The van der Waals surface area contributed by atoms with E-state index in [9.17, 15) is 9.90 Å². The van der Waals surface area contributed by atoms with Crippen molar-refractivity contribution < 1.29 is 5.11 Å². The molecular weight excluding hydrogens is 364 g/mol. The molecule has 0 aliphatic heterocycles. The van der Waals surface area contributed by atoms with E-state index in [-0.39, 0.29) is 11.6 Å². The molecule has 1 aromatic carbocycles. The Balaban J connectivity index is 1.97. The molecule has 0 fully saturated rings. The van der Waals surface area contributed by atoms with Gasteiger partial charge in [-0.1, -0.05) is 6.07 Å². The maximum absolute atomic E-state index is 12.0. The molecule has 3 rings (SSSR count). The van der Waals surface area contributed by atoms with Crippen molar-refractivity contribution in [3.63, 3.8) is 0 Å². The molecule has 0 unspecified atom stereocenters. The Morgan fingerprint density at radius 2 is 2.17 bits per heavy atom. The van der Waals surface area contributed by atoms with Crippen LogP contribution >= 0.6 is 15.9 Å². The third-order valence-corrected chi connectivity index (χ3v) is 3.77. The molecule has 2 heterocycles. The maximum atomic E-state index is 12.0. The van der Waals surface area contributed by atoms with E-state index in [0.717, 1.165) is 0 Å². The van der Waals surface area contributed by atoms with E-state index in [2.05, 4.69) is 31.2 Å². The first-order chi connectivity index (χ1) is 11.0. The van der Waals surface area contributed by atoms with Crippen LogP contribution in [0.3, 0.4) is 0 Å². The lowest BCUT2D eigenvalue weighted by Gasteiger charge is -2.08. The number of hydrogen-bond acceptors (Lipinski definition) is 6. The minimum Gasteiger partial charge on any atom is -0.493 e. The fourth-order valence-electron chi connectivity index (χ4n) is 2.08. The second kappa shape index (κ2) is 5.76. The lowest BCUT2D eigenvalue weighted by Crippen LogP contribution is -2.20. The minimum absolute atomic E-state index is 0.140. The van der Waals surface area contributed by atoms with Gasteiger partial charge >= 0.3 is 5.69 Å². The molecule has 0 atom stereocenters. The summed E-state index contributed by atoms with van der Waals surface area (Å²) in [4.78, 5) is 20.2. The SMILES string of the molecule is Cn1cc(O)n(-c2cccc(Nc3ncc(Br)c(N)n3)c2)c1=O. The van der Waals surface area contributed by atoms with Crippen LogP contribution in [0.5, 0.6) is 5.88 Å². The van der Waals surface area contributed by atoms with E-state index in [1.54, 1.807) is 37.5 Å². The van der Waals surface area contributed by atoms with Crippen molar-refractivity contribution in [2.75, 3.05) is 11.1 Å². The second-order valence-electron chi connectivity index (χ2n) is 4.82. The maximum Gasteiger partial charge on any atom is 0.335 e. The third kappa shape index (κ3) is 2.90. The van der Waals surface area contributed by atoms with Gasteiger partial charge in [0.15, 0.2) is 0 Å². The van der Waals surface area contributed by atoms with Crippen LogP contribution in [0.4, 0.5) is 17.5 Å². The van der Waals surface area contributed by atoms with Crippen molar-refractivity contribution in [3.05, 3.63) is 51.6 Å². The predicted molar refractivity (Wildman–Crippen MR) is 90.1 cm³/mol. The third-order valence-electron chi connectivity index (χ3n) is 3.16. The number of benzene rings is 1. The summed E-state index contributed by atoms with van der Waals surface area (Å²) in [6.45, 7) is 0. The zero-order chi connectivity index (χ0) is 16.6. The normalized spacial score (nSPS) is 10.7. The molecule has 0 saturated heterocycles. The van der Waals surface area contributed by atoms with Crippen molar-refractivity contribution in [2.24, 2.45) is 7.05 Å². The average Bonchev–Trinajstić information content (AvgIpc) is 2.76. The average molecular weight is 377 g/mol. The van der Waals surface area contributed by atoms with Gasteiger partial charge in [-0.15, -0.1) is 0 Å². The number of anilines is 3. The van der Waals surface area contributed by atoms with E-state index in [1.165, 1.54) is 15.3 Å². The number of nitrogens with one attached hydrogen (secondary N) is 1. The molecule has 2 aromatic heterocycles.